The van der Waals surface area contributed by atoms with Gasteiger partial charge in [-0.05, 0) is 81.5 Å². The third-order valence-corrected chi connectivity index (χ3v) is 8.31. The second kappa shape index (κ2) is 8.48. The number of benzene rings is 6. The number of hydrogen-bond donors (Lipinski definition) is 0. The fourth-order valence-corrected chi connectivity index (χ4v) is 6.31. The van der Waals surface area contributed by atoms with Gasteiger partial charge in [0.05, 0.1) is 27.9 Å². The summed E-state index contributed by atoms with van der Waals surface area (Å²) in [7, 11) is 0. The number of para-hydroxylation sites is 2. The van der Waals surface area contributed by atoms with Crippen LogP contribution in [0.3, 0.4) is 0 Å². The lowest BCUT2D eigenvalue weighted by Gasteiger charge is -2.12. The van der Waals surface area contributed by atoms with E-state index in [1.54, 1.807) is 0 Å². The van der Waals surface area contributed by atoms with Crippen molar-refractivity contribution in [3.8, 4) is 22.5 Å². The molecule has 0 aliphatic rings. The van der Waals surface area contributed by atoms with Gasteiger partial charge in [-0.3, -0.25) is 4.40 Å². The topological polar surface area (TPSA) is 30.2 Å². The number of nitrogens with zero attached hydrogens (tertiary/aromatic N) is 3. The van der Waals surface area contributed by atoms with Gasteiger partial charge in [0.2, 0.25) is 0 Å². The predicted molar refractivity (Wildman–Crippen MR) is 171 cm³/mol. The highest BCUT2D eigenvalue weighted by Gasteiger charge is 2.15. The third-order valence-electron chi connectivity index (χ3n) is 8.31. The van der Waals surface area contributed by atoms with Crippen LogP contribution < -0.4 is 0 Å². The molecule has 3 aromatic heterocycles. The average Bonchev–Trinajstić information content (AvgIpc) is 3.44. The van der Waals surface area contributed by atoms with Crippen molar-refractivity contribution in [1.29, 1.82) is 0 Å². The lowest BCUT2D eigenvalue weighted by atomic mass is 9.98. The number of imidazole rings is 1. The molecule has 0 atom stereocenters. The molecule has 9 rings (SSSR count). The van der Waals surface area contributed by atoms with Crippen LogP contribution in [0, 0.1) is 0 Å². The Morgan fingerprint density at radius 1 is 0.390 bits per heavy atom. The second-order valence-electron chi connectivity index (χ2n) is 10.7. The van der Waals surface area contributed by atoms with Gasteiger partial charge in [0.1, 0.15) is 5.65 Å². The maximum absolute atomic E-state index is 5.14. The van der Waals surface area contributed by atoms with Crippen molar-refractivity contribution in [1.82, 2.24) is 14.4 Å². The van der Waals surface area contributed by atoms with E-state index in [9.17, 15) is 0 Å². The first kappa shape index (κ1) is 22.3. The van der Waals surface area contributed by atoms with Crippen molar-refractivity contribution >= 4 is 59.9 Å². The molecule has 0 N–H and O–H groups in total. The molecule has 41 heavy (non-hydrogen) atoms. The summed E-state index contributed by atoms with van der Waals surface area (Å²) in [4.78, 5) is 10.2. The first-order valence-corrected chi connectivity index (χ1v) is 13.9. The van der Waals surface area contributed by atoms with Crippen molar-refractivity contribution in [2.24, 2.45) is 0 Å². The molecule has 0 saturated carbocycles. The highest BCUT2D eigenvalue weighted by molar-refractivity contribution is 6.18. The van der Waals surface area contributed by atoms with Crippen molar-refractivity contribution in [2.75, 3.05) is 0 Å². The van der Waals surface area contributed by atoms with E-state index in [1.165, 1.54) is 32.3 Å². The minimum Gasteiger partial charge on any atom is -0.292 e. The number of aromatic nitrogens is 3. The number of fused-ring (bicyclic) bond motifs is 10. The molecular weight excluding hydrogens is 498 g/mol. The number of hydrogen-bond acceptors (Lipinski definition) is 2. The van der Waals surface area contributed by atoms with Crippen LogP contribution in [0.25, 0.3) is 82.4 Å². The van der Waals surface area contributed by atoms with Crippen LogP contribution in [-0.4, -0.2) is 14.4 Å². The summed E-state index contributed by atoms with van der Waals surface area (Å²) in [6.45, 7) is 0. The predicted octanol–water partition coefficient (Wildman–Crippen LogP) is 9.83. The summed E-state index contributed by atoms with van der Waals surface area (Å²) in [5, 5.41) is 8.45. The van der Waals surface area contributed by atoms with E-state index in [0.29, 0.717) is 0 Å². The fourth-order valence-electron chi connectivity index (χ4n) is 6.31. The molecule has 0 spiro atoms. The van der Waals surface area contributed by atoms with Gasteiger partial charge in [-0.1, -0.05) is 84.9 Å². The smallest absolute Gasteiger partial charge is 0.146 e. The van der Waals surface area contributed by atoms with E-state index in [4.69, 9.17) is 9.97 Å². The zero-order chi connectivity index (χ0) is 26.9. The maximum atomic E-state index is 5.14. The number of rotatable bonds is 2. The fraction of sp³-hybridized carbons (Fsp3) is 0. The van der Waals surface area contributed by atoms with Crippen LogP contribution in [0.2, 0.25) is 0 Å². The van der Waals surface area contributed by atoms with Gasteiger partial charge in [-0.2, -0.15) is 0 Å². The Morgan fingerprint density at radius 2 is 1.02 bits per heavy atom. The molecule has 0 saturated heterocycles. The molecule has 0 fully saturated rings. The molecule has 6 aromatic carbocycles. The minimum absolute atomic E-state index is 0.960. The zero-order valence-electron chi connectivity index (χ0n) is 22.1. The Bertz CT molecular complexity index is 2490. The summed E-state index contributed by atoms with van der Waals surface area (Å²) in [5.41, 5.74) is 8.40. The Labute approximate surface area is 236 Å². The summed E-state index contributed by atoms with van der Waals surface area (Å²) in [6.07, 6.45) is 0. The average molecular weight is 522 g/mol. The maximum Gasteiger partial charge on any atom is 0.146 e. The van der Waals surface area contributed by atoms with Gasteiger partial charge >= 0.3 is 0 Å². The summed E-state index contributed by atoms with van der Waals surface area (Å²) in [5.74, 6) is 0. The first-order valence-electron chi connectivity index (χ1n) is 13.9. The highest BCUT2D eigenvalue weighted by atomic mass is 15.0. The van der Waals surface area contributed by atoms with Crippen molar-refractivity contribution < 1.29 is 0 Å². The van der Waals surface area contributed by atoms with E-state index in [1.807, 2.05) is 0 Å². The van der Waals surface area contributed by atoms with Crippen LogP contribution in [-0.2, 0) is 0 Å². The molecule has 190 valence electrons. The molecule has 0 bridgehead atoms. The highest BCUT2D eigenvalue weighted by Crippen LogP contribution is 2.37. The van der Waals surface area contributed by atoms with Crippen LogP contribution in [0.15, 0.2) is 140 Å². The molecule has 0 radical (unpaired) electrons. The lowest BCUT2D eigenvalue weighted by molar-refractivity contribution is 1.31. The van der Waals surface area contributed by atoms with Crippen LogP contribution in [0.5, 0.6) is 0 Å². The van der Waals surface area contributed by atoms with E-state index in [0.717, 1.165) is 50.1 Å². The molecule has 0 amide bonds. The molecule has 3 nitrogen and oxygen atoms in total. The summed E-state index contributed by atoms with van der Waals surface area (Å²) < 4.78 is 2.31. The van der Waals surface area contributed by atoms with Gasteiger partial charge in [0.25, 0.3) is 0 Å². The largest absolute Gasteiger partial charge is 0.292 e. The Kier molecular flexibility index (Phi) is 4.61. The third kappa shape index (κ3) is 3.39. The van der Waals surface area contributed by atoms with E-state index >= 15 is 0 Å². The van der Waals surface area contributed by atoms with Gasteiger partial charge < -0.3 is 0 Å². The molecule has 3 heteroatoms. The van der Waals surface area contributed by atoms with E-state index in [2.05, 4.69) is 144 Å². The zero-order valence-corrected chi connectivity index (χ0v) is 22.1. The molecule has 0 unspecified atom stereocenters. The first-order chi connectivity index (χ1) is 20.3. The Hall–Kier alpha value is -5.54. The molecule has 0 aliphatic carbocycles. The van der Waals surface area contributed by atoms with Gasteiger partial charge in [-0.15, -0.1) is 0 Å². The lowest BCUT2D eigenvalue weighted by Crippen LogP contribution is -1.93. The monoisotopic (exact) mass is 521 g/mol. The van der Waals surface area contributed by atoms with Crippen molar-refractivity contribution in [2.45, 2.75) is 0 Å². The second-order valence-corrected chi connectivity index (χ2v) is 10.7. The summed E-state index contributed by atoms with van der Waals surface area (Å²) >= 11 is 0. The quantitative estimate of drug-likeness (QED) is 0.167. The van der Waals surface area contributed by atoms with Crippen LogP contribution in [0.1, 0.15) is 0 Å². The van der Waals surface area contributed by atoms with Crippen molar-refractivity contribution in [3.63, 3.8) is 0 Å². The Balaban J connectivity index is 1.31. The standard InChI is InChI=1S/C38H23N3/c1-2-9-25-20-28(17-16-24(25)8-1)33-13-7-14-34(39-33)29-18-19-36-31(23-29)30-21-26-10-3-4-11-27(26)22-32(30)38-40-35-12-5-6-15-37(35)41(36)38/h1-23H. The summed E-state index contributed by atoms with van der Waals surface area (Å²) in [6, 6.07) is 49.6. The van der Waals surface area contributed by atoms with E-state index < -0.39 is 0 Å². The van der Waals surface area contributed by atoms with E-state index in [-0.39, 0.29) is 0 Å². The van der Waals surface area contributed by atoms with Gasteiger partial charge in [0.15, 0.2) is 0 Å². The Morgan fingerprint density at radius 3 is 1.83 bits per heavy atom. The normalized spacial score (nSPS) is 11.9. The molecule has 3 heterocycles. The van der Waals surface area contributed by atoms with Gasteiger partial charge in [-0.25, -0.2) is 9.97 Å². The number of pyridine rings is 2. The molecular formula is C38H23N3. The SMILES string of the molecule is c1cc(-c2ccc3ccccc3c2)nc(-c2ccc3c(c2)c2cc4ccccc4cc2c2nc4ccccc4n32)c1. The van der Waals surface area contributed by atoms with Crippen LogP contribution in [0.4, 0.5) is 0 Å². The molecule has 9 aromatic rings. The van der Waals surface area contributed by atoms with Crippen molar-refractivity contribution in [3.05, 3.63) is 140 Å². The minimum atomic E-state index is 0.960. The van der Waals surface area contributed by atoms with Gasteiger partial charge in [0, 0.05) is 21.9 Å². The van der Waals surface area contributed by atoms with Crippen LogP contribution >= 0.6 is 0 Å². The molecule has 0 aliphatic heterocycles.